The van der Waals surface area contributed by atoms with Crippen LogP contribution in [0.1, 0.15) is 31.9 Å². The highest BCUT2D eigenvalue weighted by atomic mass is 35.5. The summed E-state index contributed by atoms with van der Waals surface area (Å²) in [5.74, 6) is 0.0773. The summed E-state index contributed by atoms with van der Waals surface area (Å²) in [7, 11) is 0. The van der Waals surface area contributed by atoms with Gasteiger partial charge in [0.1, 0.15) is 0 Å². The molecule has 0 aliphatic carbocycles. The van der Waals surface area contributed by atoms with Gasteiger partial charge in [0.05, 0.1) is 6.04 Å². The second kappa shape index (κ2) is 5.08. The molecule has 18 heavy (non-hydrogen) atoms. The highest BCUT2D eigenvalue weighted by molar-refractivity contribution is 6.35. The molecule has 0 aromatic heterocycles. The Morgan fingerprint density at radius 1 is 1.39 bits per heavy atom. The van der Waals surface area contributed by atoms with Gasteiger partial charge >= 0.3 is 0 Å². The Kier molecular flexibility index (Phi) is 3.85. The minimum absolute atomic E-state index is 0.0773. The number of likely N-dealkylation sites (tertiary alicyclic amines) is 1. The molecular formula is C13H16Cl2N2O. The maximum Gasteiger partial charge on any atom is 0.225 e. The van der Waals surface area contributed by atoms with Crippen LogP contribution >= 0.6 is 23.2 Å². The van der Waals surface area contributed by atoms with Crippen molar-refractivity contribution in [3.8, 4) is 0 Å². The largest absolute Gasteiger partial charge is 0.332 e. The van der Waals surface area contributed by atoms with Crippen molar-refractivity contribution in [1.82, 2.24) is 4.90 Å². The monoisotopic (exact) mass is 286 g/mol. The number of halogens is 2. The molecule has 1 aliphatic heterocycles. The first kappa shape index (κ1) is 13.7. The predicted molar refractivity (Wildman–Crippen MR) is 73.8 cm³/mol. The number of nitrogens with zero attached hydrogens (tertiary/aromatic N) is 1. The van der Waals surface area contributed by atoms with Crippen molar-refractivity contribution < 1.29 is 4.79 Å². The smallest absolute Gasteiger partial charge is 0.225 e. The van der Waals surface area contributed by atoms with Crippen LogP contribution in [-0.2, 0) is 4.79 Å². The van der Waals surface area contributed by atoms with Gasteiger partial charge < -0.3 is 10.6 Å². The van der Waals surface area contributed by atoms with Crippen LogP contribution in [-0.4, -0.2) is 22.9 Å². The van der Waals surface area contributed by atoms with Crippen molar-refractivity contribution in [2.45, 2.75) is 38.4 Å². The van der Waals surface area contributed by atoms with Gasteiger partial charge in [0.25, 0.3) is 0 Å². The lowest BCUT2D eigenvalue weighted by Crippen LogP contribution is -2.37. The molecule has 1 aromatic rings. The van der Waals surface area contributed by atoms with Crippen LogP contribution in [0, 0.1) is 0 Å². The standard InChI is InChI=1S/C13H16Cl2N2O/c1-7(2)17-12(18)6-11(16)13(17)9-4-3-8(14)5-10(9)15/h3-5,7,11,13H,6,16H2,1-2H3. The fraction of sp³-hybridized carbons (Fsp3) is 0.462. The van der Waals surface area contributed by atoms with Crippen molar-refractivity contribution in [2.75, 3.05) is 0 Å². The molecule has 0 saturated carbocycles. The van der Waals surface area contributed by atoms with Crippen molar-refractivity contribution in [3.05, 3.63) is 33.8 Å². The van der Waals surface area contributed by atoms with Gasteiger partial charge in [0.15, 0.2) is 0 Å². The third-order valence-electron chi connectivity index (χ3n) is 3.24. The van der Waals surface area contributed by atoms with Gasteiger partial charge in [-0.25, -0.2) is 0 Å². The second-order valence-electron chi connectivity index (χ2n) is 4.87. The minimum Gasteiger partial charge on any atom is -0.332 e. The summed E-state index contributed by atoms with van der Waals surface area (Å²) in [6.07, 6.45) is 0.363. The number of hydrogen-bond donors (Lipinski definition) is 1. The molecule has 1 aromatic carbocycles. The van der Waals surface area contributed by atoms with Crippen molar-refractivity contribution in [3.63, 3.8) is 0 Å². The molecular weight excluding hydrogens is 271 g/mol. The first-order valence-electron chi connectivity index (χ1n) is 5.93. The van der Waals surface area contributed by atoms with Crippen LogP contribution in [0.2, 0.25) is 10.0 Å². The highest BCUT2D eigenvalue weighted by Crippen LogP contribution is 2.37. The molecule has 3 nitrogen and oxygen atoms in total. The summed E-state index contributed by atoms with van der Waals surface area (Å²) in [5.41, 5.74) is 6.95. The van der Waals surface area contributed by atoms with E-state index in [9.17, 15) is 4.79 Å². The van der Waals surface area contributed by atoms with Gasteiger partial charge in [0.2, 0.25) is 5.91 Å². The average Bonchev–Trinajstić information content (AvgIpc) is 2.53. The van der Waals surface area contributed by atoms with Crippen LogP contribution in [0.5, 0.6) is 0 Å². The van der Waals surface area contributed by atoms with E-state index in [1.54, 1.807) is 17.0 Å². The highest BCUT2D eigenvalue weighted by Gasteiger charge is 2.40. The Morgan fingerprint density at radius 2 is 2.06 bits per heavy atom. The second-order valence-corrected chi connectivity index (χ2v) is 5.72. The summed E-state index contributed by atoms with van der Waals surface area (Å²) >= 11 is 12.1. The normalized spacial score (nSPS) is 24.1. The Labute approximate surface area is 117 Å². The first-order chi connectivity index (χ1) is 8.41. The molecule has 2 unspecified atom stereocenters. The van der Waals surface area contributed by atoms with Gasteiger partial charge in [-0.05, 0) is 31.5 Å². The number of carbonyl (C=O) groups is 1. The third kappa shape index (κ3) is 2.35. The molecule has 1 fully saturated rings. The Bertz CT molecular complexity index is 476. The van der Waals surface area contributed by atoms with E-state index in [1.807, 2.05) is 19.9 Å². The van der Waals surface area contributed by atoms with E-state index in [1.165, 1.54) is 0 Å². The molecule has 98 valence electrons. The lowest BCUT2D eigenvalue weighted by molar-refractivity contribution is -0.130. The van der Waals surface area contributed by atoms with Crippen LogP contribution < -0.4 is 5.73 Å². The topological polar surface area (TPSA) is 46.3 Å². The number of rotatable bonds is 2. The third-order valence-corrected chi connectivity index (χ3v) is 3.80. The van der Waals surface area contributed by atoms with Crippen LogP contribution in [0.25, 0.3) is 0 Å². The molecule has 0 spiro atoms. The molecule has 0 radical (unpaired) electrons. The van der Waals surface area contributed by atoms with Crippen LogP contribution in [0.4, 0.5) is 0 Å². The SMILES string of the molecule is CC(C)N1C(=O)CC(N)C1c1ccc(Cl)cc1Cl. The van der Waals surface area contributed by atoms with Crippen molar-refractivity contribution in [1.29, 1.82) is 0 Å². The zero-order valence-electron chi connectivity index (χ0n) is 10.4. The predicted octanol–water partition coefficient (Wildman–Crippen LogP) is 3.00. The number of carbonyl (C=O) groups excluding carboxylic acids is 1. The Balaban J connectivity index is 2.43. The summed E-state index contributed by atoms with van der Waals surface area (Å²) < 4.78 is 0. The lowest BCUT2D eigenvalue weighted by Gasteiger charge is -2.31. The minimum atomic E-state index is -0.224. The summed E-state index contributed by atoms with van der Waals surface area (Å²) in [6.45, 7) is 3.96. The van der Waals surface area contributed by atoms with Crippen LogP contribution in [0.3, 0.4) is 0 Å². The van der Waals surface area contributed by atoms with E-state index in [0.717, 1.165) is 5.56 Å². The molecule has 1 heterocycles. The molecule has 2 N–H and O–H groups in total. The van der Waals surface area contributed by atoms with Gasteiger partial charge in [-0.2, -0.15) is 0 Å². The number of benzene rings is 1. The molecule has 1 saturated heterocycles. The zero-order chi connectivity index (χ0) is 13.4. The van der Waals surface area contributed by atoms with Gasteiger partial charge in [-0.3, -0.25) is 4.79 Å². The van der Waals surface area contributed by atoms with E-state index < -0.39 is 0 Å². The zero-order valence-corrected chi connectivity index (χ0v) is 11.9. The summed E-state index contributed by atoms with van der Waals surface area (Å²) in [6, 6.07) is 5.02. The molecule has 0 bridgehead atoms. The maximum absolute atomic E-state index is 12.0. The van der Waals surface area contributed by atoms with E-state index in [0.29, 0.717) is 16.5 Å². The Hall–Kier alpha value is -0.770. The summed E-state index contributed by atoms with van der Waals surface area (Å²) in [4.78, 5) is 13.8. The number of nitrogens with two attached hydrogens (primary N) is 1. The molecule has 1 amide bonds. The van der Waals surface area contributed by atoms with E-state index in [2.05, 4.69) is 0 Å². The van der Waals surface area contributed by atoms with E-state index in [-0.39, 0.29) is 24.0 Å². The maximum atomic E-state index is 12.0. The molecule has 2 rings (SSSR count). The quantitative estimate of drug-likeness (QED) is 0.909. The van der Waals surface area contributed by atoms with Crippen LogP contribution in [0.15, 0.2) is 18.2 Å². The molecule has 5 heteroatoms. The Morgan fingerprint density at radius 3 is 2.61 bits per heavy atom. The van der Waals surface area contributed by atoms with Gasteiger partial charge in [-0.15, -0.1) is 0 Å². The average molecular weight is 287 g/mol. The van der Waals surface area contributed by atoms with Crippen molar-refractivity contribution >= 4 is 29.1 Å². The van der Waals surface area contributed by atoms with Gasteiger partial charge in [-0.1, -0.05) is 29.3 Å². The number of amides is 1. The number of hydrogen-bond acceptors (Lipinski definition) is 2. The fourth-order valence-corrected chi connectivity index (χ4v) is 3.03. The molecule has 1 aliphatic rings. The van der Waals surface area contributed by atoms with Gasteiger partial charge in [0, 0.05) is 28.5 Å². The fourth-order valence-electron chi connectivity index (χ4n) is 2.51. The van der Waals surface area contributed by atoms with E-state index in [4.69, 9.17) is 28.9 Å². The van der Waals surface area contributed by atoms with E-state index >= 15 is 0 Å². The summed E-state index contributed by atoms with van der Waals surface area (Å²) in [5, 5.41) is 1.14. The van der Waals surface area contributed by atoms with Crippen molar-refractivity contribution in [2.24, 2.45) is 5.73 Å². The lowest BCUT2D eigenvalue weighted by atomic mass is 10.00. The molecule has 2 atom stereocenters. The first-order valence-corrected chi connectivity index (χ1v) is 6.69.